The fourth-order valence-electron chi connectivity index (χ4n) is 2.99. The van der Waals surface area contributed by atoms with Crippen molar-refractivity contribution in [1.29, 1.82) is 0 Å². The van der Waals surface area contributed by atoms with Crippen molar-refractivity contribution >= 4 is 17.3 Å². The summed E-state index contributed by atoms with van der Waals surface area (Å²) in [5.74, 6) is -0.0676. The van der Waals surface area contributed by atoms with Crippen molar-refractivity contribution in [3.63, 3.8) is 0 Å². The second-order valence-corrected chi connectivity index (χ2v) is 6.26. The highest BCUT2D eigenvalue weighted by atomic mass is 16.6. The van der Waals surface area contributed by atoms with Crippen molar-refractivity contribution in [2.45, 2.75) is 39.2 Å². The number of amides is 1. The molecule has 3 rings (SSSR count). The Morgan fingerprint density at radius 1 is 1.36 bits per heavy atom. The van der Waals surface area contributed by atoms with Crippen LogP contribution in [0.2, 0.25) is 0 Å². The number of rotatable bonds is 5. The summed E-state index contributed by atoms with van der Waals surface area (Å²) in [5.41, 5.74) is 2.02. The standard InChI is InChI=1S/C16H21N3O3/c1-11-4-7-14(17-16(20)12-5-6-12)15(19(21)22)13(11)10-18-8-2-3-9-18/h4,7,12H,2-3,5-6,8-10H2,1H3,(H,17,20). The Morgan fingerprint density at radius 3 is 2.64 bits per heavy atom. The van der Waals surface area contributed by atoms with Gasteiger partial charge >= 0.3 is 0 Å². The van der Waals surface area contributed by atoms with Gasteiger partial charge in [0.05, 0.1) is 4.92 Å². The van der Waals surface area contributed by atoms with E-state index in [1.54, 1.807) is 6.07 Å². The maximum Gasteiger partial charge on any atom is 0.297 e. The lowest BCUT2D eigenvalue weighted by Crippen LogP contribution is -2.21. The Bertz CT molecular complexity index is 605. The summed E-state index contributed by atoms with van der Waals surface area (Å²) in [6.45, 7) is 4.44. The van der Waals surface area contributed by atoms with Gasteiger partial charge in [-0.3, -0.25) is 19.8 Å². The number of carbonyl (C=O) groups is 1. The first-order chi connectivity index (χ1) is 10.6. The lowest BCUT2D eigenvalue weighted by atomic mass is 10.0. The number of likely N-dealkylation sites (tertiary alicyclic amines) is 1. The van der Waals surface area contributed by atoms with E-state index in [0.29, 0.717) is 12.2 Å². The van der Waals surface area contributed by atoms with Crippen LogP contribution in [0.1, 0.15) is 36.8 Å². The fourth-order valence-corrected chi connectivity index (χ4v) is 2.99. The van der Waals surface area contributed by atoms with Crippen LogP contribution in [-0.4, -0.2) is 28.8 Å². The molecule has 1 saturated carbocycles. The number of benzene rings is 1. The van der Waals surface area contributed by atoms with Gasteiger partial charge in [-0.15, -0.1) is 0 Å². The van der Waals surface area contributed by atoms with Gasteiger partial charge in [0.1, 0.15) is 5.69 Å². The third kappa shape index (κ3) is 3.11. The maximum atomic E-state index is 11.9. The third-order valence-corrected chi connectivity index (χ3v) is 4.49. The molecule has 0 spiro atoms. The summed E-state index contributed by atoms with van der Waals surface area (Å²) in [5, 5.41) is 14.3. The smallest absolute Gasteiger partial charge is 0.297 e. The van der Waals surface area contributed by atoms with E-state index in [-0.39, 0.29) is 22.4 Å². The molecule has 0 aromatic heterocycles. The summed E-state index contributed by atoms with van der Waals surface area (Å²) in [7, 11) is 0. The van der Waals surface area contributed by atoms with Gasteiger partial charge in [0.25, 0.3) is 5.69 Å². The zero-order valence-corrected chi connectivity index (χ0v) is 12.8. The number of carbonyl (C=O) groups excluding carboxylic acids is 1. The summed E-state index contributed by atoms with van der Waals surface area (Å²) >= 11 is 0. The van der Waals surface area contributed by atoms with E-state index in [1.807, 2.05) is 13.0 Å². The molecule has 0 radical (unpaired) electrons. The molecular formula is C16H21N3O3. The second kappa shape index (κ2) is 6.04. The van der Waals surface area contributed by atoms with E-state index in [9.17, 15) is 14.9 Å². The van der Waals surface area contributed by atoms with Crippen LogP contribution in [0, 0.1) is 23.0 Å². The molecule has 2 fully saturated rings. The molecule has 1 aromatic carbocycles. The van der Waals surface area contributed by atoms with E-state index in [1.165, 1.54) is 0 Å². The number of nitro groups is 1. The predicted octanol–water partition coefficient (Wildman–Crippen LogP) is 2.85. The van der Waals surface area contributed by atoms with Crippen LogP contribution in [0.3, 0.4) is 0 Å². The monoisotopic (exact) mass is 303 g/mol. The van der Waals surface area contributed by atoms with Crippen LogP contribution in [0.25, 0.3) is 0 Å². The molecule has 6 nitrogen and oxygen atoms in total. The molecule has 1 saturated heterocycles. The zero-order chi connectivity index (χ0) is 15.7. The number of hydrogen-bond acceptors (Lipinski definition) is 4. The minimum absolute atomic E-state index is 0.0305. The molecule has 1 aliphatic heterocycles. The number of nitro benzene ring substituents is 1. The van der Waals surface area contributed by atoms with Crippen molar-refractivity contribution in [2.24, 2.45) is 5.92 Å². The minimum Gasteiger partial charge on any atom is -0.320 e. The van der Waals surface area contributed by atoms with Gasteiger partial charge in [-0.05, 0) is 57.3 Å². The molecular weight excluding hydrogens is 282 g/mol. The van der Waals surface area contributed by atoms with Gasteiger partial charge < -0.3 is 5.32 Å². The number of aryl methyl sites for hydroxylation is 1. The molecule has 1 aromatic rings. The lowest BCUT2D eigenvalue weighted by molar-refractivity contribution is -0.384. The second-order valence-electron chi connectivity index (χ2n) is 6.26. The van der Waals surface area contributed by atoms with Crippen molar-refractivity contribution in [3.05, 3.63) is 33.4 Å². The quantitative estimate of drug-likeness (QED) is 0.670. The average Bonchev–Trinajstić information content (AvgIpc) is 3.20. The van der Waals surface area contributed by atoms with E-state index >= 15 is 0 Å². The average molecular weight is 303 g/mol. The molecule has 0 bridgehead atoms. The Kier molecular flexibility index (Phi) is 4.11. The number of nitrogens with zero attached hydrogens (tertiary/aromatic N) is 2. The number of hydrogen-bond donors (Lipinski definition) is 1. The summed E-state index contributed by atoms with van der Waals surface area (Å²) in [6, 6.07) is 3.52. The lowest BCUT2D eigenvalue weighted by Gasteiger charge is -2.18. The molecule has 22 heavy (non-hydrogen) atoms. The van der Waals surface area contributed by atoms with Gasteiger partial charge in [0.2, 0.25) is 5.91 Å². The third-order valence-electron chi connectivity index (χ3n) is 4.49. The van der Waals surface area contributed by atoms with Crippen LogP contribution in [0.5, 0.6) is 0 Å². The van der Waals surface area contributed by atoms with E-state index in [2.05, 4.69) is 10.2 Å². The zero-order valence-electron chi connectivity index (χ0n) is 12.8. The number of anilines is 1. The topological polar surface area (TPSA) is 75.5 Å². The minimum atomic E-state index is -0.360. The van der Waals surface area contributed by atoms with Crippen LogP contribution in [0.4, 0.5) is 11.4 Å². The first-order valence-electron chi connectivity index (χ1n) is 7.86. The highest BCUT2D eigenvalue weighted by Crippen LogP contribution is 2.35. The van der Waals surface area contributed by atoms with Gasteiger partial charge in [-0.1, -0.05) is 6.07 Å². The number of nitrogens with one attached hydrogen (secondary N) is 1. The van der Waals surface area contributed by atoms with Gasteiger partial charge in [-0.25, -0.2) is 0 Å². The Balaban J connectivity index is 1.91. The molecule has 1 amide bonds. The molecule has 118 valence electrons. The normalized spacial score (nSPS) is 18.4. The predicted molar refractivity (Wildman–Crippen MR) is 83.7 cm³/mol. The molecule has 0 atom stereocenters. The molecule has 1 heterocycles. The molecule has 1 aliphatic carbocycles. The molecule has 1 N–H and O–H groups in total. The van der Waals surface area contributed by atoms with Gasteiger partial charge in [-0.2, -0.15) is 0 Å². The summed E-state index contributed by atoms with van der Waals surface area (Å²) in [6.07, 6.45) is 4.05. The molecule has 2 aliphatic rings. The van der Waals surface area contributed by atoms with Gasteiger partial charge in [0, 0.05) is 18.0 Å². The van der Waals surface area contributed by atoms with Crippen LogP contribution < -0.4 is 5.32 Å². The first-order valence-corrected chi connectivity index (χ1v) is 7.86. The van der Waals surface area contributed by atoms with Crippen molar-refractivity contribution in [1.82, 2.24) is 4.90 Å². The van der Waals surface area contributed by atoms with Crippen LogP contribution >= 0.6 is 0 Å². The van der Waals surface area contributed by atoms with E-state index < -0.39 is 0 Å². The maximum absolute atomic E-state index is 11.9. The SMILES string of the molecule is Cc1ccc(NC(=O)C2CC2)c([N+](=O)[O-])c1CN1CCCC1. The summed E-state index contributed by atoms with van der Waals surface area (Å²) in [4.78, 5) is 25.4. The highest BCUT2D eigenvalue weighted by Gasteiger charge is 2.32. The first kappa shape index (κ1) is 15.0. The highest BCUT2D eigenvalue weighted by molar-refractivity contribution is 5.96. The van der Waals surface area contributed by atoms with Crippen molar-refractivity contribution < 1.29 is 9.72 Å². The van der Waals surface area contributed by atoms with E-state index in [4.69, 9.17) is 0 Å². The van der Waals surface area contributed by atoms with Crippen molar-refractivity contribution in [2.75, 3.05) is 18.4 Å². The van der Waals surface area contributed by atoms with E-state index in [0.717, 1.165) is 49.9 Å². The van der Waals surface area contributed by atoms with Crippen LogP contribution in [-0.2, 0) is 11.3 Å². The Labute approximate surface area is 129 Å². The largest absolute Gasteiger partial charge is 0.320 e. The molecule has 6 heteroatoms. The van der Waals surface area contributed by atoms with Crippen molar-refractivity contribution in [3.8, 4) is 0 Å². The molecule has 0 unspecified atom stereocenters. The summed E-state index contributed by atoms with van der Waals surface area (Å²) < 4.78 is 0. The van der Waals surface area contributed by atoms with Crippen LogP contribution in [0.15, 0.2) is 12.1 Å². The van der Waals surface area contributed by atoms with Gasteiger partial charge in [0.15, 0.2) is 0 Å². The fraction of sp³-hybridized carbons (Fsp3) is 0.562. The Hall–Kier alpha value is -1.95. The Morgan fingerprint density at radius 2 is 2.05 bits per heavy atom.